The van der Waals surface area contributed by atoms with Crippen LogP contribution in [0.4, 0.5) is 11.4 Å². The molecule has 2 N–H and O–H groups in total. The molecule has 110 valence electrons. The second-order valence-corrected chi connectivity index (χ2v) is 6.78. The van der Waals surface area contributed by atoms with Crippen molar-refractivity contribution in [3.05, 3.63) is 54.1 Å². The predicted octanol–water partition coefficient (Wildman–Crippen LogP) is 2.00. The van der Waals surface area contributed by atoms with E-state index >= 15 is 0 Å². The van der Waals surface area contributed by atoms with Gasteiger partial charge >= 0.3 is 0 Å². The molecule has 3 rings (SSSR count). The molecule has 0 saturated heterocycles. The number of nitrogen functional groups attached to an aromatic ring is 1. The van der Waals surface area contributed by atoms with Gasteiger partial charge in [-0.1, -0.05) is 24.3 Å². The molecule has 0 amide bonds. The molecule has 0 fully saturated rings. The summed E-state index contributed by atoms with van der Waals surface area (Å²) in [4.78, 5) is 0. The number of para-hydroxylation sites is 2. The zero-order valence-electron chi connectivity index (χ0n) is 11.4. The van der Waals surface area contributed by atoms with Crippen molar-refractivity contribution >= 4 is 21.4 Å². The molecule has 1 heterocycles. The highest BCUT2D eigenvalue weighted by Gasteiger charge is 2.28. The van der Waals surface area contributed by atoms with Gasteiger partial charge in [0.15, 0.2) is 0 Å². The third-order valence-corrected chi connectivity index (χ3v) is 5.10. The van der Waals surface area contributed by atoms with E-state index in [1.807, 2.05) is 6.07 Å². The van der Waals surface area contributed by atoms with Gasteiger partial charge in [0.1, 0.15) is 12.4 Å². The second kappa shape index (κ2) is 5.29. The first kappa shape index (κ1) is 13.8. The molecule has 6 heteroatoms. The minimum Gasteiger partial charge on any atom is -0.489 e. The largest absolute Gasteiger partial charge is 0.489 e. The summed E-state index contributed by atoms with van der Waals surface area (Å²) in [6, 6.07) is 14.1. The van der Waals surface area contributed by atoms with Gasteiger partial charge < -0.3 is 10.5 Å². The van der Waals surface area contributed by atoms with Crippen molar-refractivity contribution in [3.8, 4) is 5.75 Å². The Bertz CT molecular complexity index is 742. The molecule has 0 saturated carbocycles. The maximum absolute atomic E-state index is 12.6. The molecule has 0 atom stereocenters. The van der Waals surface area contributed by atoms with Crippen LogP contribution < -0.4 is 14.8 Å². The first-order chi connectivity index (χ1) is 10.1. The van der Waals surface area contributed by atoms with Gasteiger partial charge in [0, 0.05) is 5.69 Å². The van der Waals surface area contributed by atoms with E-state index in [1.54, 1.807) is 42.5 Å². The van der Waals surface area contributed by atoms with Crippen molar-refractivity contribution < 1.29 is 13.2 Å². The van der Waals surface area contributed by atoms with E-state index in [-0.39, 0.29) is 5.75 Å². The van der Waals surface area contributed by atoms with Crippen LogP contribution in [0.1, 0.15) is 5.56 Å². The number of hydrogen-bond acceptors (Lipinski definition) is 4. The van der Waals surface area contributed by atoms with E-state index in [0.717, 1.165) is 0 Å². The Balaban J connectivity index is 1.91. The van der Waals surface area contributed by atoms with Crippen molar-refractivity contribution in [1.29, 1.82) is 0 Å². The first-order valence-corrected chi connectivity index (χ1v) is 8.24. The summed E-state index contributed by atoms with van der Waals surface area (Å²) in [7, 11) is -3.45. The van der Waals surface area contributed by atoms with Crippen LogP contribution in [0, 0.1) is 0 Å². The minimum absolute atomic E-state index is 0.0540. The summed E-state index contributed by atoms with van der Waals surface area (Å²) in [5, 5.41) is 0. The molecule has 0 aliphatic carbocycles. The molecule has 0 aromatic heterocycles. The van der Waals surface area contributed by atoms with Gasteiger partial charge in [-0.25, -0.2) is 8.42 Å². The van der Waals surface area contributed by atoms with E-state index in [0.29, 0.717) is 35.8 Å². The monoisotopic (exact) mass is 304 g/mol. The number of nitrogens with zero attached hydrogens (tertiary/aromatic N) is 1. The van der Waals surface area contributed by atoms with Crippen LogP contribution in [0.5, 0.6) is 5.75 Å². The fourth-order valence-electron chi connectivity index (χ4n) is 2.34. The molecular formula is C15H16N2O3S. The van der Waals surface area contributed by atoms with Crippen LogP contribution in [0.2, 0.25) is 0 Å². The van der Waals surface area contributed by atoms with Gasteiger partial charge in [0.05, 0.1) is 18.0 Å². The van der Waals surface area contributed by atoms with Crippen LogP contribution in [0.15, 0.2) is 48.5 Å². The Kier molecular flexibility index (Phi) is 3.47. The summed E-state index contributed by atoms with van der Waals surface area (Å²) in [5.74, 6) is 0.548. The molecule has 2 aromatic carbocycles. The Morgan fingerprint density at radius 3 is 2.57 bits per heavy atom. The van der Waals surface area contributed by atoms with Gasteiger partial charge in [-0.05, 0) is 29.8 Å². The first-order valence-electron chi connectivity index (χ1n) is 6.63. The number of nitrogens with two attached hydrogens (primary N) is 1. The fraction of sp³-hybridized carbons (Fsp3) is 0.200. The topological polar surface area (TPSA) is 72.6 Å². The summed E-state index contributed by atoms with van der Waals surface area (Å²) >= 11 is 0. The zero-order chi connectivity index (χ0) is 14.9. The van der Waals surface area contributed by atoms with Crippen LogP contribution in [-0.2, 0) is 15.8 Å². The van der Waals surface area contributed by atoms with E-state index in [4.69, 9.17) is 10.5 Å². The van der Waals surface area contributed by atoms with E-state index < -0.39 is 10.0 Å². The van der Waals surface area contributed by atoms with Crippen LogP contribution in [0.3, 0.4) is 0 Å². The average molecular weight is 304 g/mol. The summed E-state index contributed by atoms with van der Waals surface area (Å²) in [6.45, 7) is 0.687. The van der Waals surface area contributed by atoms with Crippen molar-refractivity contribution in [2.24, 2.45) is 0 Å². The number of anilines is 2. The van der Waals surface area contributed by atoms with E-state index in [1.165, 1.54) is 4.31 Å². The quantitative estimate of drug-likeness (QED) is 0.880. The zero-order valence-corrected chi connectivity index (χ0v) is 12.2. The lowest BCUT2D eigenvalue weighted by molar-refractivity contribution is 0.316. The average Bonchev–Trinajstić information content (AvgIpc) is 2.49. The highest BCUT2D eigenvalue weighted by Crippen LogP contribution is 2.33. The van der Waals surface area contributed by atoms with Crippen molar-refractivity contribution in [2.75, 3.05) is 23.2 Å². The lowest BCUT2D eigenvalue weighted by atomic mass is 10.2. The maximum Gasteiger partial charge on any atom is 0.239 e. The van der Waals surface area contributed by atoms with Crippen LogP contribution in [-0.4, -0.2) is 21.6 Å². The van der Waals surface area contributed by atoms with Gasteiger partial charge in [-0.2, -0.15) is 0 Å². The van der Waals surface area contributed by atoms with Crippen molar-refractivity contribution in [3.63, 3.8) is 0 Å². The molecule has 0 radical (unpaired) electrons. The van der Waals surface area contributed by atoms with Gasteiger partial charge in [0.25, 0.3) is 0 Å². The molecule has 2 aromatic rings. The second-order valence-electron chi connectivity index (χ2n) is 4.89. The van der Waals surface area contributed by atoms with Crippen molar-refractivity contribution in [1.82, 2.24) is 0 Å². The standard InChI is InChI=1S/C15H16N2O3S/c16-13-7-5-12(6-8-13)11-21(18,19)17-9-10-20-15-4-2-1-3-14(15)17/h1-8H,9-11,16H2. The number of rotatable bonds is 3. The van der Waals surface area contributed by atoms with Crippen molar-refractivity contribution in [2.45, 2.75) is 5.75 Å². The smallest absolute Gasteiger partial charge is 0.239 e. The molecular weight excluding hydrogens is 288 g/mol. The molecule has 0 spiro atoms. The predicted molar refractivity (Wildman–Crippen MR) is 82.8 cm³/mol. The van der Waals surface area contributed by atoms with E-state index in [2.05, 4.69) is 0 Å². The highest BCUT2D eigenvalue weighted by atomic mass is 32.2. The molecule has 0 bridgehead atoms. The Labute approximate surface area is 124 Å². The molecule has 0 unspecified atom stereocenters. The van der Waals surface area contributed by atoms with Crippen LogP contribution >= 0.6 is 0 Å². The normalized spacial score (nSPS) is 14.4. The number of fused-ring (bicyclic) bond motifs is 1. The Hall–Kier alpha value is -2.21. The molecule has 1 aliphatic heterocycles. The third-order valence-electron chi connectivity index (χ3n) is 3.35. The lowest BCUT2D eigenvalue weighted by Crippen LogP contribution is -2.38. The number of hydrogen-bond donors (Lipinski definition) is 1. The van der Waals surface area contributed by atoms with E-state index in [9.17, 15) is 8.42 Å². The summed E-state index contributed by atoms with van der Waals surface area (Å²) < 4.78 is 32.2. The summed E-state index contributed by atoms with van der Waals surface area (Å²) in [5.41, 5.74) is 7.55. The fourth-order valence-corrected chi connectivity index (χ4v) is 3.91. The minimum atomic E-state index is -3.45. The SMILES string of the molecule is Nc1ccc(CS(=O)(=O)N2CCOc3ccccc32)cc1. The highest BCUT2D eigenvalue weighted by molar-refractivity contribution is 7.92. The number of sulfonamides is 1. The Morgan fingerprint density at radius 2 is 1.81 bits per heavy atom. The Morgan fingerprint density at radius 1 is 1.10 bits per heavy atom. The van der Waals surface area contributed by atoms with Gasteiger partial charge in [0.2, 0.25) is 10.0 Å². The lowest BCUT2D eigenvalue weighted by Gasteiger charge is -2.30. The maximum atomic E-state index is 12.6. The van der Waals surface area contributed by atoms with Crippen LogP contribution in [0.25, 0.3) is 0 Å². The number of benzene rings is 2. The molecule has 5 nitrogen and oxygen atoms in total. The third kappa shape index (κ3) is 2.80. The number of ether oxygens (including phenoxy) is 1. The van der Waals surface area contributed by atoms with Gasteiger partial charge in [-0.3, -0.25) is 4.31 Å². The molecule has 1 aliphatic rings. The molecule has 21 heavy (non-hydrogen) atoms. The summed E-state index contributed by atoms with van der Waals surface area (Å²) in [6.07, 6.45) is 0. The van der Waals surface area contributed by atoms with Gasteiger partial charge in [-0.15, -0.1) is 0 Å².